The van der Waals surface area contributed by atoms with Crippen molar-refractivity contribution in [2.75, 3.05) is 14.2 Å². The SMILES string of the molecule is COC(OC)c1ccnc(-c2ccncc2C)n1. The molecule has 0 aliphatic carbocycles. The zero-order chi connectivity index (χ0) is 13.0. The Morgan fingerprint density at radius 3 is 2.56 bits per heavy atom. The van der Waals surface area contributed by atoms with E-state index in [0.29, 0.717) is 11.5 Å². The van der Waals surface area contributed by atoms with Gasteiger partial charge in [-0.2, -0.15) is 0 Å². The predicted octanol–water partition coefficient (Wildman–Crippen LogP) is 2.14. The van der Waals surface area contributed by atoms with Gasteiger partial charge in [0.1, 0.15) is 5.69 Å². The van der Waals surface area contributed by atoms with Crippen molar-refractivity contribution in [1.82, 2.24) is 15.0 Å². The predicted molar refractivity (Wildman–Crippen MR) is 66.8 cm³/mol. The fourth-order valence-corrected chi connectivity index (χ4v) is 1.70. The molecule has 0 aliphatic rings. The Bertz CT molecular complexity index is 527. The van der Waals surface area contributed by atoms with Gasteiger partial charge < -0.3 is 9.47 Å². The van der Waals surface area contributed by atoms with Crippen molar-refractivity contribution in [3.8, 4) is 11.4 Å². The summed E-state index contributed by atoms with van der Waals surface area (Å²) in [5.74, 6) is 0.645. The minimum Gasteiger partial charge on any atom is -0.350 e. The smallest absolute Gasteiger partial charge is 0.200 e. The highest BCUT2D eigenvalue weighted by atomic mass is 16.7. The molecule has 0 aromatic carbocycles. The lowest BCUT2D eigenvalue weighted by Crippen LogP contribution is -2.07. The molecule has 0 radical (unpaired) electrons. The summed E-state index contributed by atoms with van der Waals surface area (Å²) >= 11 is 0. The minimum atomic E-state index is -0.478. The molecule has 2 aromatic heterocycles. The van der Waals surface area contributed by atoms with E-state index in [9.17, 15) is 0 Å². The number of rotatable bonds is 4. The molecule has 0 unspecified atom stereocenters. The van der Waals surface area contributed by atoms with E-state index in [0.717, 1.165) is 11.1 Å². The Morgan fingerprint density at radius 2 is 1.89 bits per heavy atom. The van der Waals surface area contributed by atoms with Gasteiger partial charge in [0.25, 0.3) is 0 Å². The van der Waals surface area contributed by atoms with Crippen LogP contribution in [0.3, 0.4) is 0 Å². The van der Waals surface area contributed by atoms with E-state index in [1.54, 1.807) is 38.9 Å². The molecule has 5 nitrogen and oxygen atoms in total. The second-order valence-corrected chi connectivity index (χ2v) is 3.80. The van der Waals surface area contributed by atoms with Crippen LogP contribution in [0.25, 0.3) is 11.4 Å². The van der Waals surface area contributed by atoms with Crippen LogP contribution in [0, 0.1) is 6.92 Å². The molecule has 0 atom stereocenters. The number of aromatic nitrogens is 3. The molecule has 5 heteroatoms. The Kier molecular flexibility index (Phi) is 3.96. The number of hydrogen-bond donors (Lipinski definition) is 0. The second kappa shape index (κ2) is 5.66. The first kappa shape index (κ1) is 12.6. The highest BCUT2D eigenvalue weighted by molar-refractivity contribution is 5.58. The molecular weight excluding hydrogens is 230 g/mol. The lowest BCUT2D eigenvalue weighted by molar-refractivity contribution is -0.108. The quantitative estimate of drug-likeness (QED) is 0.772. The lowest BCUT2D eigenvalue weighted by Gasteiger charge is -2.13. The topological polar surface area (TPSA) is 57.1 Å². The van der Waals surface area contributed by atoms with E-state index < -0.39 is 6.29 Å². The molecule has 0 amide bonds. The van der Waals surface area contributed by atoms with Crippen molar-refractivity contribution in [3.63, 3.8) is 0 Å². The highest BCUT2D eigenvalue weighted by Crippen LogP contribution is 2.21. The van der Waals surface area contributed by atoms with Gasteiger partial charge >= 0.3 is 0 Å². The average molecular weight is 245 g/mol. The maximum absolute atomic E-state index is 5.18. The van der Waals surface area contributed by atoms with Crippen LogP contribution in [0.1, 0.15) is 17.5 Å². The Hall–Kier alpha value is -1.85. The van der Waals surface area contributed by atoms with Crippen LogP contribution in [0.2, 0.25) is 0 Å². The maximum Gasteiger partial charge on any atom is 0.200 e. The number of ether oxygens (including phenoxy) is 2. The fraction of sp³-hybridized carbons (Fsp3) is 0.308. The zero-order valence-electron chi connectivity index (χ0n) is 10.6. The molecule has 2 aromatic rings. The van der Waals surface area contributed by atoms with Gasteiger partial charge in [-0.25, -0.2) is 9.97 Å². The summed E-state index contributed by atoms with van der Waals surface area (Å²) in [6.45, 7) is 1.97. The summed E-state index contributed by atoms with van der Waals surface area (Å²) in [6.07, 6.45) is 4.73. The van der Waals surface area contributed by atoms with Gasteiger partial charge in [0.2, 0.25) is 6.29 Å². The first-order valence-corrected chi connectivity index (χ1v) is 5.55. The van der Waals surface area contributed by atoms with E-state index in [1.165, 1.54) is 0 Å². The largest absolute Gasteiger partial charge is 0.350 e. The van der Waals surface area contributed by atoms with E-state index >= 15 is 0 Å². The summed E-state index contributed by atoms with van der Waals surface area (Å²) in [5.41, 5.74) is 2.68. The van der Waals surface area contributed by atoms with Gasteiger partial charge in [0, 0.05) is 38.4 Å². The van der Waals surface area contributed by atoms with Gasteiger partial charge in [-0.05, 0) is 24.6 Å². The maximum atomic E-state index is 5.18. The minimum absolute atomic E-state index is 0.478. The number of methoxy groups -OCH3 is 2. The summed E-state index contributed by atoms with van der Waals surface area (Å²) in [5, 5.41) is 0. The Labute approximate surface area is 106 Å². The third-order valence-electron chi connectivity index (χ3n) is 2.61. The molecule has 0 N–H and O–H groups in total. The van der Waals surface area contributed by atoms with E-state index in [1.807, 2.05) is 13.0 Å². The summed E-state index contributed by atoms with van der Waals surface area (Å²) in [7, 11) is 3.15. The van der Waals surface area contributed by atoms with Crippen molar-refractivity contribution in [2.24, 2.45) is 0 Å². The van der Waals surface area contributed by atoms with Crippen molar-refractivity contribution >= 4 is 0 Å². The van der Waals surface area contributed by atoms with Gasteiger partial charge in [-0.15, -0.1) is 0 Å². The molecule has 94 valence electrons. The molecule has 18 heavy (non-hydrogen) atoms. The van der Waals surface area contributed by atoms with Crippen LogP contribution >= 0.6 is 0 Å². The second-order valence-electron chi connectivity index (χ2n) is 3.80. The van der Waals surface area contributed by atoms with Crippen molar-refractivity contribution in [1.29, 1.82) is 0 Å². The molecule has 0 spiro atoms. The van der Waals surface area contributed by atoms with Crippen LogP contribution in [0.4, 0.5) is 0 Å². The van der Waals surface area contributed by atoms with Gasteiger partial charge in [-0.3, -0.25) is 4.98 Å². The molecule has 2 rings (SSSR count). The number of nitrogens with zero attached hydrogens (tertiary/aromatic N) is 3. The fourth-order valence-electron chi connectivity index (χ4n) is 1.70. The monoisotopic (exact) mass is 245 g/mol. The van der Waals surface area contributed by atoms with Crippen LogP contribution in [-0.4, -0.2) is 29.2 Å². The van der Waals surface area contributed by atoms with Gasteiger partial charge in [0.15, 0.2) is 5.82 Å². The molecular formula is C13H15N3O2. The van der Waals surface area contributed by atoms with Crippen molar-refractivity contribution in [3.05, 3.63) is 42.0 Å². The number of hydrogen-bond acceptors (Lipinski definition) is 5. The average Bonchev–Trinajstić information content (AvgIpc) is 2.41. The summed E-state index contributed by atoms with van der Waals surface area (Å²) in [4.78, 5) is 12.8. The third kappa shape index (κ3) is 2.52. The number of pyridine rings is 1. The van der Waals surface area contributed by atoms with Crippen molar-refractivity contribution < 1.29 is 9.47 Å². The Morgan fingerprint density at radius 1 is 1.11 bits per heavy atom. The summed E-state index contributed by atoms with van der Waals surface area (Å²) in [6, 6.07) is 3.67. The lowest BCUT2D eigenvalue weighted by atomic mass is 10.1. The van der Waals surface area contributed by atoms with E-state index in [4.69, 9.17) is 9.47 Å². The standard InChI is InChI=1S/C13H15N3O2/c1-9-8-14-6-4-10(9)12-15-7-5-11(16-12)13(17-2)18-3/h4-8,13H,1-3H3. The molecule has 0 fully saturated rings. The highest BCUT2D eigenvalue weighted by Gasteiger charge is 2.13. The van der Waals surface area contributed by atoms with Crippen LogP contribution in [-0.2, 0) is 9.47 Å². The number of aryl methyl sites for hydroxylation is 1. The van der Waals surface area contributed by atoms with Crippen LogP contribution in [0.5, 0.6) is 0 Å². The Balaban J connectivity index is 2.42. The van der Waals surface area contributed by atoms with Gasteiger partial charge in [-0.1, -0.05) is 0 Å². The van der Waals surface area contributed by atoms with Crippen LogP contribution < -0.4 is 0 Å². The normalized spacial score (nSPS) is 10.9. The molecule has 0 bridgehead atoms. The molecule has 2 heterocycles. The molecule has 0 saturated heterocycles. The van der Waals surface area contributed by atoms with E-state index in [-0.39, 0.29) is 0 Å². The third-order valence-corrected chi connectivity index (χ3v) is 2.61. The first-order valence-electron chi connectivity index (χ1n) is 5.55. The van der Waals surface area contributed by atoms with Gasteiger partial charge in [0.05, 0.1) is 0 Å². The first-order chi connectivity index (χ1) is 8.76. The zero-order valence-corrected chi connectivity index (χ0v) is 10.6. The van der Waals surface area contributed by atoms with Crippen molar-refractivity contribution in [2.45, 2.75) is 13.2 Å². The van der Waals surface area contributed by atoms with Crippen LogP contribution in [0.15, 0.2) is 30.7 Å². The summed E-state index contributed by atoms with van der Waals surface area (Å²) < 4.78 is 10.4. The molecule has 0 saturated carbocycles. The molecule has 0 aliphatic heterocycles. The van der Waals surface area contributed by atoms with E-state index in [2.05, 4.69) is 15.0 Å².